The van der Waals surface area contributed by atoms with Gasteiger partial charge in [-0.15, -0.1) is 0 Å². The molecule has 56 heavy (non-hydrogen) atoms. The maximum absolute atomic E-state index is 14.3. The van der Waals surface area contributed by atoms with Crippen molar-refractivity contribution in [1.82, 2.24) is 14.7 Å². The van der Waals surface area contributed by atoms with Gasteiger partial charge in [0.1, 0.15) is 18.1 Å². The molecular weight excluding hydrogens is 718 g/mol. The zero-order chi connectivity index (χ0) is 41.5. The SMILES string of the molecule is CO[C@]1(C)C[C@@H](C)CN(C)[C@H](CC2CCN(C(=O)OC(C)(C)C)CC2)COC(=O)[C@H](C)C(=O)[C@H](C)[C@H]1O[C@@H]1O[C@H](C)C[C@H](N(C)C)[C@H]1OC(=O)c1ccccc1. The molecule has 1 aromatic carbocycles. The standard InChI is InChI=1S/C43H69N3O10/c1-27-24-43(8,51-12)37(55-40-36(34(44(9)10)22-28(2)53-40)54-39(49)32-16-14-13-15-17-32)29(3)35(47)30(4)38(48)52-26-33(45(11)25-27)23-31-18-20-46(21-19-31)41(50)56-42(5,6)7/h13-17,27-31,33-34,36-37,40H,18-26H2,1-12H3/t27-,28-,29+,30-,33-,34+,36-,37-,40+,43-/m1/s1. The van der Waals surface area contributed by atoms with Gasteiger partial charge in [0.2, 0.25) is 0 Å². The van der Waals surface area contributed by atoms with Gasteiger partial charge in [-0.1, -0.05) is 32.0 Å². The van der Waals surface area contributed by atoms with Crippen LogP contribution in [0.3, 0.4) is 0 Å². The number of likely N-dealkylation sites (tertiary alicyclic amines) is 1. The minimum Gasteiger partial charge on any atom is -0.463 e. The summed E-state index contributed by atoms with van der Waals surface area (Å²) in [4.78, 5) is 60.1. The van der Waals surface area contributed by atoms with Gasteiger partial charge >= 0.3 is 18.0 Å². The van der Waals surface area contributed by atoms with Crippen LogP contribution in [-0.2, 0) is 38.0 Å². The molecule has 0 aromatic heterocycles. The first-order valence-electron chi connectivity index (χ1n) is 20.4. The monoisotopic (exact) mass is 787 g/mol. The topological polar surface area (TPSA) is 133 Å². The summed E-state index contributed by atoms with van der Waals surface area (Å²) in [5.74, 6) is -2.92. The number of likely N-dealkylation sites (N-methyl/N-ethyl adjacent to an activating group) is 2. The van der Waals surface area contributed by atoms with Crippen molar-refractivity contribution >= 4 is 23.8 Å². The molecule has 316 valence electrons. The Hall–Kier alpha value is -3.10. The molecule has 3 heterocycles. The van der Waals surface area contributed by atoms with Crippen LogP contribution in [-0.4, -0.2) is 141 Å². The van der Waals surface area contributed by atoms with Crippen LogP contribution in [0.1, 0.15) is 97.9 Å². The van der Waals surface area contributed by atoms with Crippen molar-refractivity contribution in [1.29, 1.82) is 0 Å². The van der Waals surface area contributed by atoms with Crippen molar-refractivity contribution in [2.24, 2.45) is 23.7 Å². The Balaban J connectivity index is 1.58. The van der Waals surface area contributed by atoms with Crippen LogP contribution < -0.4 is 0 Å². The highest BCUT2D eigenvalue weighted by molar-refractivity contribution is 6.00. The predicted octanol–water partition coefficient (Wildman–Crippen LogP) is 5.83. The Morgan fingerprint density at radius 3 is 2.25 bits per heavy atom. The van der Waals surface area contributed by atoms with E-state index >= 15 is 0 Å². The minimum atomic E-state index is -1.06. The number of hydrogen-bond acceptors (Lipinski definition) is 12. The second kappa shape index (κ2) is 19.6. The molecule has 0 bridgehead atoms. The molecular formula is C43H69N3O10. The van der Waals surface area contributed by atoms with Crippen LogP contribution in [0.5, 0.6) is 0 Å². The normalized spacial score (nSPS) is 33.5. The highest BCUT2D eigenvalue weighted by Crippen LogP contribution is 2.38. The van der Waals surface area contributed by atoms with Crippen LogP contribution in [0.4, 0.5) is 4.79 Å². The molecule has 10 atom stereocenters. The molecule has 0 unspecified atom stereocenters. The van der Waals surface area contributed by atoms with Crippen molar-refractivity contribution in [3.8, 4) is 0 Å². The molecule has 0 saturated carbocycles. The third-order valence-electron chi connectivity index (χ3n) is 11.8. The van der Waals surface area contributed by atoms with Crippen molar-refractivity contribution in [2.45, 2.75) is 135 Å². The summed E-state index contributed by atoms with van der Waals surface area (Å²) in [6, 6.07) is 8.46. The molecule has 3 fully saturated rings. The number of carbonyl (C=O) groups excluding carboxylic acids is 4. The number of methoxy groups -OCH3 is 1. The van der Waals surface area contributed by atoms with E-state index in [1.807, 2.05) is 66.7 Å². The lowest BCUT2D eigenvalue weighted by Crippen LogP contribution is -2.60. The largest absolute Gasteiger partial charge is 0.463 e. The Labute approximate surface area is 335 Å². The number of ether oxygens (including phenoxy) is 6. The molecule has 4 rings (SSSR count). The first-order valence-corrected chi connectivity index (χ1v) is 20.4. The van der Waals surface area contributed by atoms with E-state index in [2.05, 4.69) is 11.8 Å². The van der Waals surface area contributed by atoms with Gasteiger partial charge in [-0.2, -0.15) is 0 Å². The van der Waals surface area contributed by atoms with Gasteiger partial charge in [-0.05, 0) is 119 Å². The van der Waals surface area contributed by atoms with Crippen LogP contribution >= 0.6 is 0 Å². The van der Waals surface area contributed by atoms with Crippen LogP contribution in [0.25, 0.3) is 0 Å². The minimum absolute atomic E-state index is 0.0659. The third-order valence-corrected chi connectivity index (χ3v) is 11.8. The lowest BCUT2D eigenvalue weighted by Gasteiger charge is -2.47. The van der Waals surface area contributed by atoms with Gasteiger partial charge in [0.05, 0.1) is 29.4 Å². The molecule has 3 aliphatic heterocycles. The van der Waals surface area contributed by atoms with Crippen molar-refractivity contribution in [3.05, 3.63) is 35.9 Å². The lowest BCUT2D eigenvalue weighted by atomic mass is 9.78. The van der Waals surface area contributed by atoms with Gasteiger partial charge in [0.15, 0.2) is 18.2 Å². The average molecular weight is 788 g/mol. The first kappa shape index (κ1) is 45.6. The summed E-state index contributed by atoms with van der Waals surface area (Å²) in [6.45, 7) is 17.0. The number of esters is 2. The van der Waals surface area contributed by atoms with Crippen LogP contribution in [0.15, 0.2) is 30.3 Å². The Morgan fingerprint density at radius 2 is 1.66 bits per heavy atom. The predicted molar refractivity (Wildman–Crippen MR) is 212 cm³/mol. The van der Waals surface area contributed by atoms with E-state index in [0.717, 1.165) is 19.3 Å². The molecule has 3 saturated heterocycles. The van der Waals surface area contributed by atoms with Gasteiger partial charge in [0, 0.05) is 38.7 Å². The van der Waals surface area contributed by atoms with E-state index in [9.17, 15) is 19.2 Å². The van der Waals surface area contributed by atoms with E-state index in [4.69, 9.17) is 28.4 Å². The number of hydrogen-bond donors (Lipinski definition) is 0. The van der Waals surface area contributed by atoms with E-state index in [1.165, 1.54) is 0 Å². The maximum Gasteiger partial charge on any atom is 0.410 e. The molecule has 0 radical (unpaired) electrons. The van der Waals surface area contributed by atoms with Gasteiger partial charge in [-0.25, -0.2) is 9.59 Å². The number of piperidine rings is 1. The maximum atomic E-state index is 14.3. The van der Waals surface area contributed by atoms with Crippen molar-refractivity contribution in [3.63, 3.8) is 0 Å². The summed E-state index contributed by atoms with van der Waals surface area (Å²) in [7, 11) is 7.52. The second-order valence-corrected chi connectivity index (χ2v) is 18.0. The summed E-state index contributed by atoms with van der Waals surface area (Å²) in [6.07, 6.45) is 0.252. The molecule has 3 aliphatic rings. The van der Waals surface area contributed by atoms with Gasteiger partial charge in [0.25, 0.3) is 0 Å². The number of benzene rings is 1. The second-order valence-electron chi connectivity index (χ2n) is 18.0. The fourth-order valence-corrected chi connectivity index (χ4v) is 8.58. The van der Waals surface area contributed by atoms with E-state index < -0.39 is 53.5 Å². The molecule has 1 amide bonds. The number of ketones is 1. The van der Waals surface area contributed by atoms with Gasteiger partial charge < -0.3 is 38.2 Å². The molecule has 0 aliphatic carbocycles. The smallest absolute Gasteiger partial charge is 0.410 e. The highest BCUT2D eigenvalue weighted by Gasteiger charge is 2.50. The number of cyclic esters (lactones) is 1. The molecule has 13 heteroatoms. The van der Waals surface area contributed by atoms with Crippen LogP contribution in [0, 0.1) is 23.7 Å². The molecule has 1 aromatic rings. The summed E-state index contributed by atoms with van der Waals surface area (Å²) < 4.78 is 37.4. The summed E-state index contributed by atoms with van der Waals surface area (Å²) in [5, 5.41) is 0. The van der Waals surface area contributed by atoms with E-state index in [1.54, 1.807) is 50.1 Å². The summed E-state index contributed by atoms with van der Waals surface area (Å²) >= 11 is 0. The van der Waals surface area contributed by atoms with Gasteiger partial charge in [-0.3, -0.25) is 14.5 Å². The lowest BCUT2D eigenvalue weighted by molar-refractivity contribution is -0.294. The number of Topliss-reactive ketones (excluding diaryl/α,β-unsaturated/α-hetero) is 1. The number of nitrogens with zero attached hydrogens (tertiary/aromatic N) is 3. The van der Waals surface area contributed by atoms with Crippen molar-refractivity contribution < 1.29 is 47.6 Å². The molecule has 13 nitrogen and oxygen atoms in total. The Bertz CT molecular complexity index is 1460. The van der Waals surface area contributed by atoms with Crippen molar-refractivity contribution in [2.75, 3.05) is 54.5 Å². The number of rotatable bonds is 8. The average Bonchev–Trinajstić information content (AvgIpc) is 3.14. The molecule has 0 N–H and O–H groups in total. The van der Waals surface area contributed by atoms with E-state index in [0.29, 0.717) is 44.0 Å². The van der Waals surface area contributed by atoms with Crippen LogP contribution in [0.2, 0.25) is 0 Å². The zero-order valence-corrected chi connectivity index (χ0v) is 35.9. The Morgan fingerprint density at radius 1 is 1.02 bits per heavy atom. The zero-order valence-electron chi connectivity index (χ0n) is 35.9. The Kier molecular flexibility index (Phi) is 15.9. The third kappa shape index (κ3) is 12.0. The number of amides is 1. The first-order chi connectivity index (χ1) is 26.2. The quantitative estimate of drug-likeness (QED) is 0.178. The summed E-state index contributed by atoms with van der Waals surface area (Å²) in [5.41, 5.74) is -1.16. The fourth-order valence-electron chi connectivity index (χ4n) is 8.58. The molecule has 0 spiro atoms. The number of carbonyl (C=O) groups is 4. The van der Waals surface area contributed by atoms with E-state index in [-0.39, 0.29) is 42.6 Å². The highest BCUT2D eigenvalue weighted by atomic mass is 16.7. The fraction of sp³-hybridized carbons (Fsp3) is 0.767.